The Morgan fingerprint density at radius 2 is 1.85 bits per heavy atom. The molecule has 6 heteroatoms. The molecule has 0 heterocycles. The minimum absolute atomic E-state index is 0.159. The van der Waals surface area contributed by atoms with Crippen LogP contribution in [0, 0.1) is 13.8 Å². The molecule has 0 saturated heterocycles. The predicted molar refractivity (Wildman–Crippen MR) is 86.2 cm³/mol. The summed E-state index contributed by atoms with van der Waals surface area (Å²) in [6.07, 6.45) is 0.492. The van der Waals surface area contributed by atoms with Crippen LogP contribution in [-0.4, -0.2) is 31.5 Å². The fraction of sp³-hybridized carbons (Fsp3) is 0.500. The van der Waals surface area contributed by atoms with E-state index in [4.69, 9.17) is 22.7 Å². The number of rotatable bonds is 7. The Kier molecular flexibility index (Phi) is 5.95. The summed E-state index contributed by atoms with van der Waals surface area (Å²) >= 11 is 4.96. The van der Waals surface area contributed by atoms with E-state index < -0.39 is 9.84 Å². The van der Waals surface area contributed by atoms with Crippen molar-refractivity contribution in [2.24, 2.45) is 5.73 Å². The van der Waals surface area contributed by atoms with E-state index in [1.54, 1.807) is 6.92 Å². The van der Waals surface area contributed by atoms with Gasteiger partial charge in [0.1, 0.15) is 20.6 Å². The molecule has 0 spiro atoms. The summed E-state index contributed by atoms with van der Waals surface area (Å²) in [5, 5.41) is 0. The van der Waals surface area contributed by atoms with Crippen LogP contribution in [0.2, 0.25) is 0 Å². The lowest BCUT2D eigenvalue weighted by Gasteiger charge is -2.13. The molecule has 0 amide bonds. The first-order chi connectivity index (χ1) is 9.26. The lowest BCUT2D eigenvalue weighted by atomic mass is 10.1. The van der Waals surface area contributed by atoms with Gasteiger partial charge in [-0.1, -0.05) is 19.1 Å². The summed E-state index contributed by atoms with van der Waals surface area (Å²) in [7, 11) is -2.93. The lowest BCUT2D eigenvalue weighted by molar-refractivity contribution is 0.313. The first-order valence-corrected chi connectivity index (χ1v) is 8.74. The highest BCUT2D eigenvalue weighted by Crippen LogP contribution is 2.25. The molecule has 0 aromatic heterocycles. The van der Waals surface area contributed by atoms with Crippen molar-refractivity contribution in [3.8, 4) is 5.75 Å². The molecule has 0 atom stereocenters. The largest absolute Gasteiger partial charge is 0.493 e. The Morgan fingerprint density at radius 3 is 2.30 bits per heavy atom. The van der Waals surface area contributed by atoms with Crippen molar-refractivity contribution in [3.63, 3.8) is 0 Å². The zero-order valence-electron chi connectivity index (χ0n) is 12.1. The summed E-state index contributed by atoms with van der Waals surface area (Å²) in [6.45, 7) is 5.88. The molecule has 112 valence electrons. The molecule has 0 aliphatic carbocycles. The monoisotopic (exact) mass is 315 g/mol. The molecule has 4 nitrogen and oxygen atoms in total. The van der Waals surface area contributed by atoms with Crippen LogP contribution in [0.15, 0.2) is 12.1 Å². The molecule has 1 rings (SSSR count). The molecule has 1 aromatic carbocycles. The Balaban J connectivity index is 2.68. The fourth-order valence-corrected chi connectivity index (χ4v) is 2.88. The van der Waals surface area contributed by atoms with Crippen LogP contribution in [0.3, 0.4) is 0 Å². The number of ether oxygens (including phenoxy) is 1. The van der Waals surface area contributed by atoms with Crippen LogP contribution in [0.1, 0.15) is 30.0 Å². The third kappa shape index (κ3) is 4.76. The molecule has 0 fully saturated rings. The Hall–Kier alpha value is -1.14. The van der Waals surface area contributed by atoms with Crippen molar-refractivity contribution in [3.05, 3.63) is 28.8 Å². The Bertz CT molecular complexity index is 571. The highest BCUT2D eigenvalue weighted by atomic mass is 32.2. The van der Waals surface area contributed by atoms with Crippen LogP contribution in [0.25, 0.3) is 0 Å². The molecule has 1 aromatic rings. The smallest absolute Gasteiger partial charge is 0.150 e. The van der Waals surface area contributed by atoms with Crippen molar-refractivity contribution < 1.29 is 13.2 Å². The van der Waals surface area contributed by atoms with Gasteiger partial charge >= 0.3 is 0 Å². The highest BCUT2D eigenvalue weighted by molar-refractivity contribution is 7.91. The number of hydrogen-bond acceptors (Lipinski definition) is 4. The van der Waals surface area contributed by atoms with E-state index in [-0.39, 0.29) is 11.5 Å². The van der Waals surface area contributed by atoms with E-state index >= 15 is 0 Å². The maximum Gasteiger partial charge on any atom is 0.150 e. The second-order valence-electron chi connectivity index (χ2n) is 4.74. The van der Waals surface area contributed by atoms with Crippen LogP contribution in [-0.2, 0) is 9.84 Å². The summed E-state index contributed by atoms with van der Waals surface area (Å²) < 4.78 is 28.5. The van der Waals surface area contributed by atoms with Gasteiger partial charge in [-0.25, -0.2) is 8.42 Å². The molecule has 0 aliphatic heterocycles. The third-order valence-corrected chi connectivity index (χ3v) is 5.06. The fourth-order valence-electron chi connectivity index (χ4n) is 1.92. The molecule has 0 saturated carbocycles. The molecule has 2 N–H and O–H groups in total. The van der Waals surface area contributed by atoms with Crippen LogP contribution >= 0.6 is 12.2 Å². The summed E-state index contributed by atoms with van der Waals surface area (Å²) in [5.74, 6) is 1.11. The maximum atomic E-state index is 11.4. The quantitative estimate of drug-likeness (QED) is 0.617. The van der Waals surface area contributed by atoms with Crippen LogP contribution in [0.5, 0.6) is 5.75 Å². The number of sulfone groups is 1. The number of hydrogen-bond donors (Lipinski definition) is 1. The van der Waals surface area contributed by atoms with E-state index in [0.717, 1.165) is 22.4 Å². The van der Waals surface area contributed by atoms with Gasteiger partial charge in [0.2, 0.25) is 0 Å². The van der Waals surface area contributed by atoms with Crippen molar-refractivity contribution in [1.29, 1.82) is 0 Å². The summed E-state index contributed by atoms with van der Waals surface area (Å²) in [4.78, 5) is 0.358. The van der Waals surface area contributed by atoms with E-state index in [1.165, 1.54) is 0 Å². The van der Waals surface area contributed by atoms with E-state index in [1.807, 2.05) is 26.0 Å². The summed E-state index contributed by atoms with van der Waals surface area (Å²) in [6, 6.07) is 3.76. The minimum Gasteiger partial charge on any atom is -0.493 e. The average Bonchev–Trinajstić information content (AvgIpc) is 2.36. The standard InChI is InChI=1S/C14H21NO3S2/c1-4-20(16,17)7-5-6-18-13-10(2)8-12(14(15)19)9-11(13)3/h8-9H,4-7H2,1-3H3,(H2,15,19). The summed E-state index contributed by atoms with van der Waals surface area (Å²) in [5.41, 5.74) is 8.33. The zero-order chi connectivity index (χ0) is 15.3. The van der Waals surface area contributed by atoms with E-state index in [0.29, 0.717) is 18.0 Å². The predicted octanol–water partition coefficient (Wildman–Crippen LogP) is 2.14. The van der Waals surface area contributed by atoms with Gasteiger partial charge in [0, 0.05) is 11.3 Å². The normalized spacial score (nSPS) is 11.3. The molecule has 0 bridgehead atoms. The first-order valence-electron chi connectivity index (χ1n) is 6.51. The van der Waals surface area contributed by atoms with Gasteiger partial charge in [0.05, 0.1) is 12.4 Å². The second kappa shape index (κ2) is 7.04. The maximum absolute atomic E-state index is 11.4. The van der Waals surface area contributed by atoms with Gasteiger partial charge in [-0.05, 0) is 43.5 Å². The number of aryl methyl sites for hydroxylation is 2. The topological polar surface area (TPSA) is 69.4 Å². The van der Waals surface area contributed by atoms with Crippen molar-refractivity contribution in [2.45, 2.75) is 27.2 Å². The number of nitrogens with two attached hydrogens (primary N) is 1. The molecule has 0 aliphatic rings. The molecular weight excluding hydrogens is 294 g/mol. The van der Waals surface area contributed by atoms with Crippen LogP contribution in [0.4, 0.5) is 0 Å². The second-order valence-corrected chi connectivity index (χ2v) is 7.65. The first kappa shape index (κ1) is 16.9. The van der Waals surface area contributed by atoms with Gasteiger partial charge in [-0.3, -0.25) is 0 Å². The van der Waals surface area contributed by atoms with Gasteiger partial charge in [0.25, 0.3) is 0 Å². The SMILES string of the molecule is CCS(=O)(=O)CCCOc1c(C)cc(C(N)=S)cc1C. The lowest BCUT2D eigenvalue weighted by Crippen LogP contribution is -2.13. The highest BCUT2D eigenvalue weighted by Gasteiger charge is 2.10. The third-order valence-electron chi connectivity index (χ3n) is 3.03. The molecular formula is C14H21NO3S2. The van der Waals surface area contributed by atoms with Gasteiger partial charge in [0.15, 0.2) is 0 Å². The molecule has 20 heavy (non-hydrogen) atoms. The zero-order valence-corrected chi connectivity index (χ0v) is 13.7. The number of thiocarbonyl (C=S) groups is 1. The average molecular weight is 315 g/mol. The van der Waals surface area contributed by atoms with Crippen molar-refractivity contribution in [2.75, 3.05) is 18.1 Å². The van der Waals surface area contributed by atoms with Crippen molar-refractivity contribution in [1.82, 2.24) is 0 Å². The minimum atomic E-state index is -2.93. The van der Waals surface area contributed by atoms with Gasteiger partial charge < -0.3 is 10.5 Å². The van der Waals surface area contributed by atoms with E-state index in [9.17, 15) is 8.42 Å². The van der Waals surface area contributed by atoms with Crippen molar-refractivity contribution >= 4 is 27.0 Å². The van der Waals surface area contributed by atoms with Gasteiger partial charge in [-0.15, -0.1) is 0 Å². The molecule has 0 radical (unpaired) electrons. The Labute approximate surface area is 126 Å². The molecule has 0 unspecified atom stereocenters. The number of benzene rings is 1. The van der Waals surface area contributed by atoms with Crippen LogP contribution < -0.4 is 10.5 Å². The Morgan fingerprint density at radius 1 is 1.30 bits per heavy atom. The van der Waals surface area contributed by atoms with Gasteiger partial charge in [-0.2, -0.15) is 0 Å². The van der Waals surface area contributed by atoms with E-state index in [2.05, 4.69) is 0 Å².